The van der Waals surface area contributed by atoms with Crippen LogP contribution in [-0.4, -0.2) is 34.5 Å². The van der Waals surface area contributed by atoms with Crippen LogP contribution in [-0.2, 0) is 23.0 Å². The molecule has 0 spiro atoms. The van der Waals surface area contributed by atoms with Crippen molar-refractivity contribution in [3.63, 3.8) is 0 Å². The predicted molar refractivity (Wildman–Crippen MR) is 113 cm³/mol. The number of guanidine groups is 1. The summed E-state index contributed by atoms with van der Waals surface area (Å²) in [5.74, 6) is 1.59. The zero-order valence-electron chi connectivity index (χ0n) is 14.9. The van der Waals surface area contributed by atoms with E-state index in [2.05, 4.69) is 20.3 Å². The summed E-state index contributed by atoms with van der Waals surface area (Å²) >= 11 is 0. The fraction of sp³-hybridized carbons (Fsp3) is 0.353. The molecule has 1 heterocycles. The second kappa shape index (κ2) is 11.2. The smallest absolute Gasteiger partial charge is 0.240 e. The van der Waals surface area contributed by atoms with Crippen LogP contribution in [0.1, 0.15) is 18.2 Å². The second-order valence-electron chi connectivity index (χ2n) is 5.31. The Kier molecular flexibility index (Phi) is 9.66. The topological polar surface area (TPSA) is 95.7 Å². The normalized spacial score (nSPS) is 11.7. The number of nitrogens with zero attached hydrogens (tertiary/aromatic N) is 1. The van der Waals surface area contributed by atoms with E-state index < -0.39 is 10.0 Å². The van der Waals surface area contributed by atoms with Gasteiger partial charge in [0.1, 0.15) is 5.76 Å². The first kappa shape index (κ1) is 22.5. The predicted octanol–water partition coefficient (Wildman–Crippen LogP) is 2.10. The van der Waals surface area contributed by atoms with E-state index in [4.69, 9.17) is 4.42 Å². The summed E-state index contributed by atoms with van der Waals surface area (Å²) in [5.41, 5.74) is 0.819. The molecule has 0 bridgehead atoms. The lowest BCUT2D eigenvalue weighted by atomic mass is 10.2. The highest BCUT2D eigenvalue weighted by Gasteiger charge is 2.11. The highest BCUT2D eigenvalue weighted by atomic mass is 127. The molecule has 0 radical (unpaired) electrons. The molecular formula is C17H25IN4O3S. The molecular weight excluding hydrogens is 467 g/mol. The van der Waals surface area contributed by atoms with Crippen molar-refractivity contribution in [2.45, 2.75) is 24.8 Å². The molecule has 9 heteroatoms. The van der Waals surface area contributed by atoms with Gasteiger partial charge >= 0.3 is 0 Å². The van der Waals surface area contributed by atoms with Crippen LogP contribution in [0.5, 0.6) is 0 Å². The molecule has 7 nitrogen and oxygen atoms in total. The van der Waals surface area contributed by atoms with Gasteiger partial charge < -0.3 is 15.1 Å². The van der Waals surface area contributed by atoms with Gasteiger partial charge in [0, 0.05) is 19.5 Å². The van der Waals surface area contributed by atoms with Crippen molar-refractivity contribution in [1.29, 1.82) is 0 Å². The van der Waals surface area contributed by atoms with Crippen molar-refractivity contribution in [2.75, 3.05) is 20.1 Å². The molecule has 0 amide bonds. The summed E-state index contributed by atoms with van der Waals surface area (Å²) in [6, 6.07) is 10.5. The first-order chi connectivity index (χ1) is 12.0. The molecule has 0 saturated heterocycles. The maximum Gasteiger partial charge on any atom is 0.240 e. The van der Waals surface area contributed by atoms with Gasteiger partial charge in [-0.05, 0) is 43.8 Å². The minimum absolute atomic E-state index is 0. The quantitative estimate of drug-likeness (QED) is 0.298. The summed E-state index contributed by atoms with van der Waals surface area (Å²) in [4.78, 5) is 4.73. The molecule has 0 aliphatic rings. The summed E-state index contributed by atoms with van der Waals surface area (Å²) in [6.45, 7) is 3.79. The van der Waals surface area contributed by atoms with Gasteiger partial charge in [-0.25, -0.2) is 18.1 Å². The van der Waals surface area contributed by atoms with E-state index in [-0.39, 0.29) is 28.9 Å². The molecule has 26 heavy (non-hydrogen) atoms. The minimum atomic E-state index is -3.45. The van der Waals surface area contributed by atoms with Gasteiger partial charge in [0.15, 0.2) is 5.96 Å². The van der Waals surface area contributed by atoms with Crippen LogP contribution < -0.4 is 15.4 Å². The lowest BCUT2D eigenvalue weighted by molar-refractivity contribution is 0.507. The molecule has 0 aliphatic heterocycles. The lowest BCUT2D eigenvalue weighted by Crippen LogP contribution is -2.38. The van der Waals surface area contributed by atoms with Crippen molar-refractivity contribution in [3.8, 4) is 0 Å². The van der Waals surface area contributed by atoms with Crippen LogP contribution >= 0.6 is 24.0 Å². The number of sulfonamides is 1. The van der Waals surface area contributed by atoms with E-state index in [0.717, 1.165) is 24.3 Å². The summed E-state index contributed by atoms with van der Waals surface area (Å²) in [5, 5.41) is 6.40. The molecule has 2 rings (SSSR count). The lowest BCUT2D eigenvalue weighted by Gasteiger charge is -2.11. The maximum atomic E-state index is 11.9. The third kappa shape index (κ3) is 6.96. The summed E-state index contributed by atoms with van der Waals surface area (Å²) < 4.78 is 31.3. The highest BCUT2D eigenvalue weighted by Crippen LogP contribution is 2.11. The van der Waals surface area contributed by atoms with Crippen LogP contribution in [0.4, 0.5) is 0 Å². The average Bonchev–Trinajstić information content (AvgIpc) is 3.13. The Labute approximate surface area is 171 Å². The number of rotatable bonds is 8. The minimum Gasteiger partial charge on any atom is -0.469 e. The second-order valence-corrected chi connectivity index (χ2v) is 7.19. The number of benzene rings is 1. The SMILES string of the molecule is CCNC(=NCc1cccc(S(=O)(=O)NC)c1)NCCc1ccco1.I. The van der Waals surface area contributed by atoms with Gasteiger partial charge in [0.2, 0.25) is 10.0 Å². The monoisotopic (exact) mass is 492 g/mol. The molecule has 1 aromatic carbocycles. The summed E-state index contributed by atoms with van der Waals surface area (Å²) in [6.07, 6.45) is 2.41. The largest absolute Gasteiger partial charge is 0.469 e. The molecule has 1 aromatic heterocycles. The van der Waals surface area contributed by atoms with Gasteiger partial charge in [-0.15, -0.1) is 24.0 Å². The highest BCUT2D eigenvalue weighted by molar-refractivity contribution is 14.0. The van der Waals surface area contributed by atoms with Gasteiger partial charge in [-0.2, -0.15) is 0 Å². The third-order valence-corrected chi connectivity index (χ3v) is 4.90. The fourth-order valence-corrected chi connectivity index (χ4v) is 3.00. The Morgan fingerprint density at radius 2 is 2.00 bits per heavy atom. The van der Waals surface area contributed by atoms with Crippen LogP contribution in [0.3, 0.4) is 0 Å². The molecule has 0 atom stereocenters. The molecule has 0 saturated carbocycles. The first-order valence-electron chi connectivity index (χ1n) is 8.12. The van der Waals surface area contributed by atoms with Gasteiger partial charge in [0.25, 0.3) is 0 Å². The summed E-state index contributed by atoms with van der Waals surface area (Å²) in [7, 11) is -2.05. The number of aliphatic imine (C=N–C) groups is 1. The average molecular weight is 492 g/mol. The van der Waals surface area contributed by atoms with Crippen LogP contribution in [0.25, 0.3) is 0 Å². The Morgan fingerprint density at radius 3 is 2.65 bits per heavy atom. The Bertz CT molecular complexity index is 792. The molecule has 3 N–H and O–H groups in total. The third-order valence-electron chi connectivity index (χ3n) is 3.49. The molecule has 144 valence electrons. The number of furan rings is 1. The van der Waals surface area contributed by atoms with Crippen molar-refractivity contribution in [2.24, 2.45) is 4.99 Å². The van der Waals surface area contributed by atoms with E-state index >= 15 is 0 Å². The Balaban J connectivity index is 0.00000338. The van der Waals surface area contributed by atoms with Gasteiger partial charge in [0.05, 0.1) is 17.7 Å². The number of nitrogens with one attached hydrogen (secondary N) is 3. The van der Waals surface area contributed by atoms with E-state index in [1.165, 1.54) is 7.05 Å². The van der Waals surface area contributed by atoms with Gasteiger partial charge in [-0.3, -0.25) is 0 Å². The van der Waals surface area contributed by atoms with Crippen LogP contribution in [0, 0.1) is 0 Å². The molecule has 2 aromatic rings. The van der Waals surface area contributed by atoms with E-state index in [1.54, 1.807) is 24.5 Å². The molecule has 0 aliphatic carbocycles. The van der Waals surface area contributed by atoms with Crippen molar-refractivity contribution < 1.29 is 12.8 Å². The number of halogens is 1. The van der Waals surface area contributed by atoms with Crippen molar-refractivity contribution in [3.05, 3.63) is 54.0 Å². The van der Waals surface area contributed by atoms with Crippen LogP contribution in [0.2, 0.25) is 0 Å². The first-order valence-corrected chi connectivity index (χ1v) is 9.60. The van der Waals surface area contributed by atoms with Crippen molar-refractivity contribution >= 4 is 40.0 Å². The molecule has 0 unspecified atom stereocenters. The number of hydrogen-bond donors (Lipinski definition) is 3. The Morgan fingerprint density at radius 1 is 1.19 bits per heavy atom. The zero-order chi connectivity index (χ0) is 18.1. The van der Waals surface area contributed by atoms with Crippen LogP contribution in [0.15, 0.2) is 57.0 Å². The van der Waals surface area contributed by atoms with E-state index in [9.17, 15) is 8.42 Å². The fourth-order valence-electron chi connectivity index (χ4n) is 2.20. The molecule has 0 fully saturated rings. The number of hydrogen-bond acceptors (Lipinski definition) is 4. The maximum absolute atomic E-state index is 11.9. The Hall–Kier alpha value is -1.59. The van der Waals surface area contributed by atoms with Crippen molar-refractivity contribution in [1.82, 2.24) is 15.4 Å². The van der Waals surface area contributed by atoms with E-state index in [1.807, 2.05) is 25.1 Å². The van der Waals surface area contributed by atoms with Gasteiger partial charge in [-0.1, -0.05) is 12.1 Å². The zero-order valence-corrected chi connectivity index (χ0v) is 18.0. The van der Waals surface area contributed by atoms with E-state index in [0.29, 0.717) is 19.0 Å². The standard InChI is InChI=1S/C17H24N4O3S.HI/c1-3-19-17(20-10-9-15-7-5-11-24-15)21-13-14-6-4-8-16(12-14)25(22,23)18-2;/h4-8,11-12,18H,3,9-10,13H2,1-2H3,(H2,19,20,21);1H.